The van der Waals surface area contributed by atoms with Crippen LogP contribution in [0.15, 0.2) is 24.3 Å². The van der Waals surface area contributed by atoms with Crippen LogP contribution in [0, 0.1) is 0 Å². The predicted octanol–water partition coefficient (Wildman–Crippen LogP) is 2.34. The van der Waals surface area contributed by atoms with Gasteiger partial charge in [0.25, 0.3) is 0 Å². The molecule has 1 aromatic carbocycles. The zero-order valence-electron chi connectivity index (χ0n) is 10.9. The van der Waals surface area contributed by atoms with E-state index < -0.39 is 0 Å². The number of nitrogens with one attached hydrogen (secondary N) is 1. The number of hydrogen-bond acceptors (Lipinski definition) is 3. The Morgan fingerprint density at radius 1 is 1.39 bits per heavy atom. The van der Waals surface area contributed by atoms with Crippen LogP contribution >= 0.6 is 0 Å². The van der Waals surface area contributed by atoms with Gasteiger partial charge in [0.2, 0.25) is 0 Å². The average Bonchev–Trinajstić information content (AvgIpc) is 2.90. The van der Waals surface area contributed by atoms with E-state index in [1.54, 1.807) is 7.11 Å². The lowest BCUT2D eigenvalue weighted by atomic mass is 10.0. The van der Waals surface area contributed by atoms with E-state index >= 15 is 0 Å². The Hall–Kier alpha value is -1.35. The summed E-state index contributed by atoms with van der Waals surface area (Å²) in [6.45, 7) is 1.07. The van der Waals surface area contributed by atoms with Crippen molar-refractivity contribution in [3.63, 3.8) is 0 Å². The molecule has 1 aromatic rings. The summed E-state index contributed by atoms with van der Waals surface area (Å²) in [5.74, 6) is 1.23. The third-order valence-corrected chi connectivity index (χ3v) is 3.49. The first-order valence-electron chi connectivity index (χ1n) is 6.66. The summed E-state index contributed by atoms with van der Waals surface area (Å²) in [7, 11) is 1.66. The van der Waals surface area contributed by atoms with Crippen LogP contribution < -0.4 is 10.1 Å². The highest BCUT2D eigenvalue weighted by Crippen LogP contribution is 2.14. The zero-order valence-corrected chi connectivity index (χ0v) is 10.9. The number of hydrogen-bond donors (Lipinski definition) is 1. The molecular formula is C15H21NO2. The first-order chi connectivity index (χ1) is 8.78. The molecule has 1 N–H and O–H groups in total. The Kier molecular flexibility index (Phi) is 4.76. The molecule has 1 saturated heterocycles. The average molecular weight is 247 g/mol. The van der Waals surface area contributed by atoms with Gasteiger partial charge in [0.05, 0.1) is 7.11 Å². The normalized spacial score (nSPS) is 18.8. The van der Waals surface area contributed by atoms with Gasteiger partial charge in [-0.3, -0.25) is 4.79 Å². The number of benzene rings is 1. The molecule has 0 aliphatic carbocycles. The maximum absolute atomic E-state index is 11.8. The van der Waals surface area contributed by atoms with Gasteiger partial charge in [-0.2, -0.15) is 0 Å². The fourth-order valence-electron chi connectivity index (χ4n) is 2.38. The lowest BCUT2D eigenvalue weighted by molar-refractivity contribution is -0.119. The molecule has 3 heteroatoms. The molecule has 2 rings (SSSR count). The molecule has 0 spiro atoms. The van der Waals surface area contributed by atoms with Crippen molar-refractivity contribution in [3.05, 3.63) is 29.8 Å². The Morgan fingerprint density at radius 3 is 2.78 bits per heavy atom. The summed E-state index contributed by atoms with van der Waals surface area (Å²) in [5, 5.41) is 3.36. The first kappa shape index (κ1) is 13.1. The van der Waals surface area contributed by atoms with Crippen molar-refractivity contribution < 1.29 is 9.53 Å². The van der Waals surface area contributed by atoms with Gasteiger partial charge in [0.1, 0.15) is 11.5 Å². The van der Waals surface area contributed by atoms with E-state index in [0.29, 0.717) is 24.7 Å². The quantitative estimate of drug-likeness (QED) is 0.838. The predicted molar refractivity (Wildman–Crippen MR) is 72.0 cm³/mol. The second-order valence-corrected chi connectivity index (χ2v) is 4.88. The van der Waals surface area contributed by atoms with Crippen LogP contribution in [0.4, 0.5) is 0 Å². The molecule has 0 aromatic heterocycles. The van der Waals surface area contributed by atoms with Gasteiger partial charge in [0.15, 0.2) is 0 Å². The minimum atomic E-state index is 0.366. The van der Waals surface area contributed by atoms with E-state index in [1.165, 1.54) is 12.0 Å². The van der Waals surface area contributed by atoms with E-state index in [9.17, 15) is 4.79 Å². The van der Waals surface area contributed by atoms with Gasteiger partial charge in [-0.25, -0.2) is 0 Å². The van der Waals surface area contributed by atoms with Gasteiger partial charge in [-0.1, -0.05) is 12.1 Å². The number of aryl methyl sites for hydroxylation is 1. The fraction of sp³-hybridized carbons (Fsp3) is 0.533. The van der Waals surface area contributed by atoms with Gasteiger partial charge < -0.3 is 10.1 Å². The second kappa shape index (κ2) is 6.55. The maximum atomic E-state index is 11.8. The Morgan fingerprint density at radius 2 is 2.17 bits per heavy atom. The molecule has 0 radical (unpaired) electrons. The van der Waals surface area contributed by atoms with Crippen molar-refractivity contribution in [2.45, 2.75) is 38.1 Å². The topological polar surface area (TPSA) is 38.3 Å². The molecule has 3 nitrogen and oxygen atoms in total. The first-order valence-corrected chi connectivity index (χ1v) is 6.66. The highest BCUT2D eigenvalue weighted by molar-refractivity contribution is 5.79. The summed E-state index contributed by atoms with van der Waals surface area (Å²) in [6.07, 6.45) is 4.51. The van der Waals surface area contributed by atoms with E-state index in [-0.39, 0.29) is 0 Å². The molecule has 1 atom stereocenters. The van der Waals surface area contributed by atoms with Gasteiger partial charge in [-0.05, 0) is 43.5 Å². The van der Waals surface area contributed by atoms with Crippen molar-refractivity contribution in [2.75, 3.05) is 13.7 Å². The van der Waals surface area contributed by atoms with Gasteiger partial charge in [0, 0.05) is 18.9 Å². The van der Waals surface area contributed by atoms with Crippen LogP contribution in [0.2, 0.25) is 0 Å². The highest BCUT2D eigenvalue weighted by Gasteiger charge is 2.17. The van der Waals surface area contributed by atoms with E-state index in [1.807, 2.05) is 24.3 Å². The third-order valence-electron chi connectivity index (χ3n) is 3.49. The van der Waals surface area contributed by atoms with E-state index in [2.05, 4.69) is 5.32 Å². The molecule has 1 fully saturated rings. The molecule has 98 valence electrons. The lowest BCUT2D eigenvalue weighted by Gasteiger charge is -2.08. The third kappa shape index (κ3) is 3.84. The van der Waals surface area contributed by atoms with Crippen LogP contribution in [-0.4, -0.2) is 25.5 Å². The zero-order chi connectivity index (χ0) is 12.8. The van der Waals surface area contributed by atoms with Crippen molar-refractivity contribution in [2.24, 2.45) is 0 Å². The monoisotopic (exact) mass is 247 g/mol. The SMILES string of the molecule is COc1ccc(CCC(=O)CC2CCCN2)cc1. The van der Waals surface area contributed by atoms with Crippen LogP contribution in [-0.2, 0) is 11.2 Å². The summed E-state index contributed by atoms with van der Waals surface area (Å²) < 4.78 is 5.11. The van der Waals surface area contributed by atoms with Crippen LogP contribution in [0.5, 0.6) is 5.75 Å². The molecular weight excluding hydrogens is 226 g/mol. The van der Waals surface area contributed by atoms with Gasteiger partial charge >= 0.3 is 0 Å². The largest absolute Gasteiger partial charge is 0.497 e. The molecule has 1 heterocycles. The highest BCUT2D eigenvalue weighted by atomic mass is 16.5. The number of Topliss-reactive ketones (excluding diaryl/α,β-unsaturated/α-hetero) is 1. The molecule has 0 bridgehead atoms. The summed E-state index contributed by atoms with van der Waals surface area (Å²) in [5.41, 5.74) is 1.20. The molecule has 0 saturated carbocycles. The van der Waals surface area contributed by atoms with Crippen LogP contribution in [0.25, 0.3) is 0 Å². The Bertz CT molecular complexity index is 380. The Labute approximate surface area is 109 Å². The number of ether oxygens (including phenoxy) is 1. The van der Waals surface area contributed by atoms with Crippen molar-refractivity contribution >= 4 is 5.78 Å². The molecule has 18 heavy (non-hydrogen) atoms. The standard InChI is InChI=1S/C15H21NO2/c1-18-15-8-5-12(6-9-15)4-7-14(17)11-13-3-2-10-16-13/h5-6,8-9,13,16H,2-4,7,10-11H2,1H3. The van der Waals surface area contributed by atoms with Crippen molar-refractivity contribution in [1.82, 2.24) is 5.32 Å². The van der Waals surface area contributed by atoms with Crippen LogP contribution in [0.1, 0.15) is 31.2 Å². The number of rotatable bonds is 6. The lowest BCUT2D eigenvalue weighted by Crippen LogP contribution is -2.24. The van der Waals surface area contributed by atoms with E-state index in [4.69, 9.17) is 4.74 Å². The Balaban J connectivity index is 1.74. The summed E-state index contributed by atoms with van der Waals surface area (Å²) >= 11 is 0. The number of carbonyl (C=O) groups excluding carboxylic acids is 1. The second-order valence-electron chi connectivity index (χ2n) is 4.88. The van der Waals surface area contributed by atoms with E-state index in [0.717, 1.165) is 25.1 Å². The maximum Gasteiger partial charge on any atom is 0.134 e. The summed E-state index contributed by atoms with van der Waals surface area (Å²) in [4.78, 5) is 11.8. The number of carbonyl (C=O) groups is 1. The molecule has 1 aliphatic rings. The molecule has 0 amide bonds. The smallest absolute Gasteiger partial charge is 0.134 e. The summed E-state index contributed by atoms with van der Waals surface area (Å²) in [6, 6.07) is 8.37. The van der Waals surface area contributed by atoms with Crippen molar-refractivity contribution in [1.29, 1.82) is 0 Å². The molecule has 1 aliphatic heterocycles. The minimum absolute atomic E-state index is 0.366. The van der Waals surface area contributed by atoms with Crippen LogP contribution in [0.3, 0.4) is 0 Å². The number of ketones is 1. The van der Waals surface area contributed by atoms with Gasteiger partial charge in [-0.15, -0.1) is 0 Å². The fourth-order valence-corrected chi connectivity index (χ4v) is 2.38. The molecule has 1 unspecified atom stereocenters. The number of methoxy groups -OCH3 is 1. The van der Waals surface area contributed by atoms with Crippen molar-refractivity contribution in [3.8, 4) is 5.75 Å². The minimum Gasteiger partial charge on any atom is -0.497 e.